The van der Waals surface area contributed by atoms with Crippen molar-refractivity contribution in [3.8, 4) is 0 Å². The van der Waals surface area contributed by atoms with Gasteiger partial charge in [-0.1, -0.05) is 20.8 Å². The highest BCUT2D eigenvalue weighted by atomic mass is 32.1. The van der Waals surface area contributed by atoms with Gasteiger partial charge in [-0.15, -0.1) is 11.3 Å². The Balaban J connectivity index is 2.70. The van der Waals surface area contributed by atoms with Crippen molar-refractivity contribution in [3.05, 3.63) is 16.1 Å². The van der Waals surface area contributed by atoms with Crippen LogP contribution >= 0.6 is 11.3 Å². The fourth-order valence-corrected chi connectivity index (χ4v) is 2.20. The standard InChI is InChI=1S/C12H20N2O2S/c1-8(10(15)16)14(5)6-9-7-17-11(13-9)12(2,3)4/h7-8H,6H2,1-5H3,(H,15,16). The number of thiazole rings is 1. The minimum absolute atomic E-state index is 0.0555. The summed E-state index contributed by atoms with van der Waals surface area (Å²) >= 11 is 1.63. The molecule has 0 radical (unpaired) electrons. The first kappa shape index (κ1) is 14.1. The zero-order valence-electron chi connectivity index (χ0n) is 11.0. The van der Waals surface area contributed by atoms with Crippen LogP contribution in [0.15, 0.2) is 5.38 Å². The molecule has 17 heavy (non-hydrogen) atoms. The average Bonchev–Trinajstić information content (AvgIpc) is 2.64. The van der Waals surface area contributed by atoms with E-state index in [1.165, 1.54) is 0 Å². The second-order valence-electron chi connectivity index (χ2n) is 5.32. The zero-order chi connectivity index (χ0) is 13.2. The Morgan fingerprint density at radius 2 is 2.18 bits per heavy atom. The van der Waals surface area contributed by atoms with Crippen LogP contribution in [0.2, 0.25) is 0 Å². The molecule has 1 unspecified atom stereocenters. The fraction of sp³-hybridized carbons (Fsp3) is 0.667. The lowest BCUT2D eigenvalue weighted by Gasteiger charge is -2.20. The van der Waals surface area contributed by atoms with Gasteiger partial charge in [-0.25, -0.2) is 4.98 Å². The minimum Gasteiger partial charge on any atom is -0.480 e. The normalized spacial score (nSPS) is 14.0. The van der Waals surface area contributed by atoms with Gasteiger partial charge in [0.05, 0.1) is 10.7 Å². The second kappa shape index (κ2) is 5.14. The predicted octanol–water partition coefficient (Wildman–Crippen LogP) is 2.35. The topological polar surface area (TPSA) is 53.4 Å². The quantitative estimate of drug-likeness (QED) is 0.898. The van der Waals surface area contributed by atoms with E-state index in [1.807, 2.05) is 5.38 Å². The van der Waals surface area contributed by atoms with Crippen molar-refractivity contribution in [2.45, 2.75) is 45.7 Å². The Bertz CT molecular complexity index is 395. The summed E-state index contributed by atoms with van der Waals surface area (Å²) in [4.78, 5) is 17.2. The molecule has 96 valence electrons. The average molecular weight is 256 g/mol. The number of hydrogen-bond acceptors (Lipinski definition) is 4. The molecule has 0 amide bonds. The summed E-state index contributed by atoms with van der Waals surface area (Å²) in [6.45, 7) is 8.62. The molecule has 1 heterocycles. The van der Waals surface area contributed by atoms with Crippen LogP contribution in [0.4, 0.5) is 0 Å². The van der Waals surface area contributed by atoms with Crippen LogP contribution in [0.25, 0.3) is 0 Å². The number of nitrogens with zero attached hydrogens (tertiary/aromatic N) is 2. The van der Waals surface area contributed by atoms with Gasteiger partial charge in [0.2, 0.25) is 0 Å². The number of carbonyl (C=O) groups is 1. The van der Waals surface area contributed by atoms with Gasteiger partial charge in [0.15, 0.2) is 0 Å². The lowest BCUT2D eigenvalue weighted by molar-refractivity contribution is -0.142. The second-order valence-corrected chi connectivity index (χ2v) is 6.18. The van der Waals surface area contributed by atoms with Gasteiger partial charge in [-0.3, -0.25) is 9.69 Å². The molecule has 1 N–H and O–H groups in total. The number of aromatic nitrogens is 1. The third-order valence-corrected chi connectivity index (χ3v) is 3.94. The minimum atomic E-state index is -0.807. The van der Waals surface area contributed by atoms with Crippen LogP contribution in [0.3, 0.4) is 0 Å². The van der Waals surface area contributed by atoms with Crippen LogP contribution in [0.5, 0.6) is 0 Å². The van der Waals surface area contributed by atoms with Crippen molar-refractivity contribution in [2.75, 3.05) is 7.05 Å². The highest BCUT2D eigenvalue weighted by Gasteiger charge is 2.21. The maximum atomic E-state index is 10.8. The number of aliphatic carboxylic acids is 1. The maximum Gasteiger partial charge on any atom is 0.320 e. The molecule has 0 aliphatic rings. The number of likely N-dealkylation sites (N-methyl/N-ethyl adjacent to an activating group) is 1. The van der Waals surface area contributed by atoms with Crippen LogP contribution in [-0.2, 0) is 16.8 Å². The van der Waals surface area contributed by atoms with Crippen LogP contribution in [-0.4, -0.2) is 34.0 Å². The van der Waals surface area contributed by atoms with E-state index in [0.29, 0.717) is 6.54 Å². The first-order valence-electron chi connectivity index (χ1n) is 5.59. The van der Waals surface area contributed by atoms with Gasteiger partial charge >= 0.3 is 5.97 Å². The van der Waals surface area contributed by atoms with Crippen LogP contribution < -0.4 is 0 Å². The zero-order valence-corrected chi connectivity index (χ0v) is 11.8. The summed E-state index contributed by atoms with van der Waals surface area (Å²) in [6.07, 6.45) is 0. The van der Waals surface area contributed by atoms with E-state index < -0.39 is 12.0 Å². The molecule has 0 spiro atoms. The molecule has 0 aliphatic carbocycles. The molecule has 0 aliphatic heterocycles. The molecule has 0 saturated heterocycles. The van der Waals surface area contributed by atoms with Gasteiger partial charge in [0.25, 0.3) is 0 Å². The summed E-state index contributed by atoms with van der Waals surface area (Å²) in [5, 5.41) is 12.0. The third-order valence-electron chi connectivity index (χ3n) is 2.62. The molecular weight excluding hydrogens is 236 g/mol. The summed E-state index contributed by atoms with van der Waals surface area (Å²) in [7, 11) is 1.80. The van der Waals surface area contributed by atoms with E-state index in [-0.39, 0.29) is 5.41 Å². The molecule has 1 aromatic heterocycles. The van der Waals surface area contributed by atoms with E-state index in [4.69, 9.17) is 5.11 Å². The molecule has 0 saturated carbocycles. The monoisotopic (exact) mass is 256 g/mol. The van der Waals surface area contributed by atoms with Crippen molar-refractivity contribution in [3.63, 3.8) is 0 Å². The van der Waals surface area contributed by atoms with Crippen molar-refractivity contribution >= 4 is 17.3 Å². The fourth-order valence-electron chi connectivity index (χ4n) is 1.31. The van der Waals surface area contributed by atoms with Gasteiger partial charge < -0.3 is 5.11 Å². The lowest BCUT2D eigenvalue weighted by Crippen LogP contribution is -2.35. The van der Waals surface area contributed by atoms with E-state index in [0.717, 1.165) is 10.7 Å². The lowest BCUT2D eigenvalue weighted by atomic mass is 9.98. The molecule has 4 nitrogen and oxygen atoms in total. The Hall–Kier alpha value is -0.940. The summed E-state index contributed by atoms with van der Waals surface area (Å²) in [5.74, 6) is -0.807. The smallest absolute Gasteiger partial charge is 0.320 e. The van der Waals surface area contributed by atoms with E-state index in [9.17, 15) is 4.79 Å². The van der Waals surface area contributed by atoms with Crippen molar-refractivity contribution < 1.29 is 9.90 Å². The number of carboxylic acids is 1. The van der Waals surface area contributed by atoms with Gasteiger partial charge in [-0.05, 0) is 14.0 Å². The summed E-state index contributed by atoms with van der Waals surface area (Å²) < 4.78 is 0. The van der Waals surface area contributed by atoms with E-state index >= 15 is 0 Å². The SMILES string of the molecule is CC(C(=O)O)N(C)Cc1csc(C(C)(C)C)n1. The van der Waals surface area contributed by atoms with E-state index in [2.05, 4.69) is 25.8 Å². The Kier molecular flexibility index (Phi) is 4.27. The maximum absolute atomic E-state index is 10.8. The summed E-state index contributed by atoms with van der Waals surface area (Å²) in [5.41, 5.74) is 0.996. The molecule has 0 bridgehead atoms. The van der Waals surface area contributed by atoms with Crippen molar-refractivity contribution in [1.82, 2.24) is 9.88 Å². The predicted molar refractivity (Wildman–Crippen MR) is 69.4 cm³/mol. The third kappa shape index (κ3) is 3.78. The molecule has 0 aromatic carbocycles. The molecular formula is C12H20N2O2S. The summed E-state index contributed by atoms with van der Waals surface area (Å²) in [6, 6.07) is -0.491. The molecule has 1 rings (SSSR count). The van der Waals surface area contributed by atoms with Gasteiger partial charge in [0, 0.05) is 17.3 Å². The Morgan fingerprint density at radius 1 is 1.59 bits per heavy atom. The highest BCUT2D eigenvalue weighted by Crippen LogP contribution is 2.25. The Morgan fingerprint density at radius 3 is 2.59 bits per heavy atom. The van der Waals surface area contributed by atoms with Gasteiger partial charge in [0.1, 0.15) is 6.04 Å². The molecule has 5 heteroatoms. The van der Waals surface area contributed by atoms with Crippen LogP contribution in [0.1, 0.15) is 38.4 Å². The number of carboxylic acid groups (broad SMARTS) is 1. The first-order chi connectivity index (χ1) is 7.71. The Labute approximate surface area is 106 Å². The highest BCUT2D eigenvalue weighted by molar-refractivity contribution is 7.09. The van der Waals surface area contributed by atoms with Crippen molar-refractivity contribution in [1.29, 1.82) is 0 Å². The molecule has 0 fully saturated rings. The first-order valence-corrected chi connectivity index (χ1v) is 6.47. The largest absolute Gasteiger partial charge is 0.480 e. The van der Waals surface area contributed by atoms with Crippen LogP contribution in [0, 0.1) is 0 Å². The number of hydrogen-bond donors (Lipinski definition) is 1. The molecule has 1 atom stereocenters. The van der Waals surface area contributed by atoms with Gasteiger partial charge in [-0.2, -0.15) is 0 Å². The molecule has 1 aromatic rings. The van der Waals surface area contributed by atoms with E-state index in [1.54, 1.807) is 30.2 Å². The van der Waals surface area contributed by atoms with Crippen molar-refractivity contribution in [2.24, 2.45) is 0 Å². The number of rotatable bonds is 4.